The topological polar surface area (TPSA) is 66.8 Å². The highest BCUT2D eigenvalue weighted by molar-refractivity contribution is 5.81. The molecule has 1 aliphatic carbocycles. The first-order chi connectivity index (χ1) is 10.0. The molecule has 1 aliphatic heterocycles. The second kappa shape index (κ2) is 7.25. The Hall–Kier alpha value is -1.10. The minimum atomic E-state index is -0.746. The van der Waals surface area contributed by atoms with Crippen molar-refractivity contribution < 1.29 is 19.4 Å². The molecule has 1 heterocycles. The summed E-state index contributed by atoms with van der Waals surface area (Å²) in [4.78, 5) is 25.5. The quantitative estimate of drug-likeness (QED) is 0.845. The minimum absolute atomic E-state index is 0.00388. The smallest absolute Gasteiger partial charge is 0.306 e. The molecule has 3 atom stereocenters. The lowest BCUT2D eigenvalue weighted by Crippen LogP contribution is -2.49. The molecule has 0 aromatic rings. The van der Waals surface area contributed by atoms with E-state index in [1.54, 1.807) is 4.90 Å². The third kappa shape index (κ3) is 3.96. The number of amides is 1. The van der Waals surface area contributed by atoms with Crippen molar-refractivity contribution in [3.8, 4) is 0 Å². The Balaban J connectivity index is 1.90. The summed E-state index contributed by atoms with van der Waals surface area (Å²) in [6, 6.07) is 0. The van der Waals surface area contributed by atoms with Gasteiger partial charge in [-0.25, -0.2) is 0 Å². The molecule has 5 nitrogen and oxygen atoms in total. The molecular formula is C16H27NO4. The predicted molar refractivity (Wildman–Crippen MR) is 78.9 cm³/mol. The fraction of sp³-hybridized carbons (Fsp3) is 0.875. The van der Waals surface area contributed by atoms with E-state index >= 15 is 0 Å². The molecule has 0 aromatic carbocycles. The van der Waals surface area contributed by atoms with Crippen LogP contribution in [0, 0.1) is 11.8 Å². The number of aliphatic carboxylic acids is 1. The molecule has 21 heavy (non-hydrogen) atoms. The maximum atomic E-state index is 12.6. The number of carbonyl (C=O) groups excluding carboxylic acids is 1. The fourth-order valence-corrected chi connectivity index (χ4v) is 3.50. The zero-order valence-electron chi connectivity index (χ0n) is 13.1. The van der Waals surface area contributed by atoms with Crippen LogP contribution in [0.25, 0.3) is 0 Å². The number of carbonyl (C=O) groups is 2. The summed E-state index contributed by atoms with van der Waals surface area (Å²) in [5, 5.41) is 9.15. The molecule has 0 spiro atoms. The molecule has 3 unspecified atom stereocenters. The van der Waals surface area contributed by atoms with Crippen LogP contribution in [-0.2, 0) is 14.3 Å². The van der Waals surface area contributed by atoms with Gasteiger partial charge in [0.2, 0.25) is 0 Å². The van der Waals surface area contributed by atoms with Crippen molar-refractivity contribution in [3.63, 3.8) is 0 Å². The Morgan fingerprint density at radius 3 is 2.48 bits per heavy atom. The highest BCUT2D eigenvalue weighted by Gasteiger charge is 2.35. The third-order valence-electron chi connectivity index (χ3n) is 4.84. The monoisotopic (exact) mass is 297 g/mol. The molecule has 0 radical (unpaired) electrons. The van der Waals surface area contributed by atoms with E-state index in [1.165, 1.54) is 12.8 Å². The van der Waals surface area contributed by atoms with Gasteiger partial charge in [0.15, 0.2) is 0 Å². The molecule has 1 N–H and O–H groups in total. The number of ether oxygens (including phenoxy) is 1. The van der Waals surface area contributed by atoms with Crippen molar-refractivity contribution in [2.75, 3.05) is 13.1 Å². The van der Waals surface area contributed by atoms with Crippen molar-refractivity contribution in [2.24, 2.45) is 11.8 Å². The van der Waals surface area contributed by atoms with Crippen LogP contribution in [0.5, 0.6) is 0 Å². The van der Waals surface area contributed by atoms with E-state index in [1.807, 2.05) is 13.8 Å². The maximum absolute atomic E-state index is 12.6. The summed E-state index contributed by atoms with van der Waals surface area (Å²) in [5.74, 6) is -1.03. The van der Waals surface area contributed by atoms with Crippen molar-refractivity contribution >= 4 is 11.9 Å². The summed E-state index contributed by atoms with van der Waals surface area (Å²) >= 11 is 0. The van der Waals surface area contributed by atoms with Crippen LogP contribution in [0.15, 0.2) is 0 Å². The average Bonchev–Trinajstić information content (AvgIpc) is 2.96. The van der Waals surface area contributed by atoms with Crippen LogP contribution < -0.4 is 0 Å². The Labute approximate surface area is 126 Å². The molecule has 1 saturated heterocycles. The van der Waals surface area contributed by atoms with Gasteiger partial charge in [-0.1, -0.05) is 26.7 Å². The van der Waals surface area contributed by atoms with Gasteiger partial charge in [-0.15, -0.1) is 0 Å². The molecule has 0 aromatic heterocycles. The number of hydrogen-bond donors (Lipinski definition) is 1. The molecule has 1 amide bonds. The average molecular weight is 297 g/mol. The second-order valence-corrected chi connectivity index (χ2v) is 6.43. The lowest BCUT2D eigenvalue weighted by Gasteiger charge is -2.37. The van der Waals surface area contributed by atoms with E-state index in [0.29, 0.717) is 25.9 Å². The molecule has 2 aliphatic rings. The van der Waals surface area contributed by atoms with E-state index in [0.717, 1.165) is 12.8 Å². The van der Waals surface area contributed by atoms with Crippen LogP contribution in [0.3, 0.4) is 0 Å². The van der Waals surface area contributed by atoms with Gasteiger partial charge < -0.3 is 14.7 Å². The SMILES string of the molecule is CCC(OC1CCCC1)C(=O)N1CCC(C(=O)O)C(C)C1. The normalized spacial score (nSPS) is 28.6. The van der Waals surface area contributed by atoms with Crippen LogP contribution in [0.2, 0.25) is 0 Å². The van der Waals surface area contributed by atoms with Gasteiger partial charge in [0.25, 0.3) is 5.91 Å². The van der Waals surface area contributed by atoms with E-state index in [2.05, 4.69) is 0 Å². The Morgan fingerprint density at radius 1 is 1.29 bits per heavy atom. The number of likely N-dealkylation sites (tertiary alicyclic amines) is 1. The van der Waals surface area contributed by atoms with Crippen LogP contribution in [0.4, 0.5) is 0 Å². The van der Waals surface area contributed by atoms with E-state index < -0.39 is 5.97 Å². The van der Waals surface area contributed by atoms with Crippen molar-refractivity contribution in [2.45, 2.75) is 64.6 Å². The zero-order valence-corrected chi connectivity index (χ0v) is 13.1. The highest BCUT2D eigenvalue weighted by Crippen LogP contribution is 2.27. The number of carboxylic acids is 1. The van der Waals surface area contributed by atoms with Crippen molar-refractivity contribution in [3.05, 3.63) is 0 Å². The van der Waals surface area contributed by atoms with E-state index in [-0.39, 0.29) is 30.0 Å². The van der Waals surface area contributed by atoms with E-state index in [4.69, 9.17) is 9.84 Å². The largest absolute Gasteiger partial charge is 0.481 e. The lowest BCUT2D eigenvalue weighted by atomic mass is 9.87. The molecule has 120 valence electrons. The maximum Gasteiger partial charge on any atom is 0.306 e. The van der Waals surface area contributed by atoms with Gasteiger partial charge >= 0.3 is 5.97 Å². The minimum Gasteiger partial charge on any atom is -0.481 e. The van der Waals surface area contributed by atoms with Crippen LogP contribution in [-0.4, -0.2) is 47.2 Å². The number of nitrogens with zero attached hydrogens (tertiary/aromatic N) is 1. The molecule has 0 bridgehead atoms. The number of piperidine rings is 1. The zero-order chi connectivity index (χ0) is 15.4. The standard InChI is InChI=1S/C16H27NO4/c1-3-14(21-12-6-4-5-7-12)15(18)17-9-8-13(16(19)20)11(2)10-17/h11-14H,3-10H2,1-2H3,(H,19,20). The highest BCUT2D eigenvalue weighted by atomic mass is 16.5. The summed E-state index contributed by atoms with van der Waals surface area (Å²) in [6.45, 7) is 4.95. The third-order valence-corrected chi connectivity index (χ3v) is 4.84. The van der Waals surface area contributed by atoms with Gasteiger partial charge in [-0.2, -0.15) is 0 Å². The molecule has 2 rings (SSSR count). The Bertz CT molecular complexity index is 378. The number of rotatable bonds is 5. The number of hydrogen-bond acceptors (Lipinski definition) is 3. The Kier molecular flexibility index (Phi) is 5.62. The summed E-state index contributed by atoms with van der Waals surface area (Å²) in [5.41, 5.74) is 0. The van der Waals surface area contributed by atoms with Gasteiger partial charge in [-0.3, -0.25) is 9.59 Å². The fourth-order valence-electron chi connectivity index (χ4n) is 3.50. The van der Waals surface area contributed by atoms with E-state index in [9.17, 15) is 9.59 Å². The van der Waals surface area contributed by atoms with Gasteiger partial charge in [0, 0.05) is 13.1 Å². The first kappa shape index (κ1) is 16.3. The lowest BCUT2D eigenvalue weighted by molar-refractivity contribution is -0.155. The number of carboxylic acid groups (broad SMARTS) is 1. The van der Waals surface area contributed by atoms with Crippen LogP contribution >= 0.6 is 0 Å². The molecular weight excluding hydrogens is 270 g/mol. The predicted octanol–water partition coefficient (Wildman–Crippen LogP) is 2.29. The van der Waals surface area contributed by atoms with Crippen LogP contribution in [0.1, 0.15) is 52.4 Å². The summed E-state index contributed by atoms with van der Waals surface area (Å²) < 4.78 is 5.98. The first-order valence-corrected chi connectivity index (χ1v) is 8.20. The van der Waals surface area contributed by atoms with Crippen molar-refractivity contribution in [1.29, 1.82) is 0 Å². The molecule has 2 fully saturated rings. The first-order valence-electron chi connectivity index (χ1n) is 8.20. The van der Waals surface area contributed by atoms with Gasteiger partial charge in [0.05, 0.1) is 12.0 Å². The molecule has 5 heteroatoms. The second-order valence-electron chi connectivity index (χ2n) is 6.43. The summed E-state index contributed by atoms with van der Waals surface area (Å²) in [6.07, 6.45) is 5.59. The molecule has 1 saturated carbocycles. The van der Waals surface area contributed by atoms with Crippen molar-refractivity contribution in [1.82, 2.24) is 4.90 Å². The Morgan fingerprint density at radius 2 is 1.95 bits per heavy atom. The van der Waals surface area contributed by atoms with Gasteiger partial charge in [0.1, 0.15) is 6.10 Å². The van der Waals surface area contributed by atoms with Gasteiger partial charge in [-0.05, 0) is 31.6 Å². The summed E-state index contributed by atoms with van der Waals surface area (Å²) in [7, 11) is 0.